The van der Waals surface area contributed by atoms with Crippen molar-refractivity contribution < 1.29 is 9.59 Å². The molecule has 3 aromatic rings. The van der Waals surface area contributed by atoms with Gasteiger partial charge in [0.05, 0.1) is 12.2 Å². The standard InChI is InChI=1S/C21H21Cl2N5O2S/c1-3-28-18(11-19(29)24-15-8-5-14(22)6-9-15)26-27-21(28)31-12-20(30)25-16-7-4-13(2)17(23)10-16/h4-10H,3,11-12H2,1-2H3,(H,24,29)(H,25,30). The van der Waals surface area contributed by atoms with Crippen molar-refractivity contribution in [2.75, 3.05) is 16.4 Å². The highest BCUT2D eigenvalue weighted by Crippen LogP contribution is 2.22. The molecule has 0 spiro atoms. The third-order valence-corrected chi connectivity index (χ3v) is 5.97. The molecule has 0 unspecified atom stereocenters. The number of thioether (sulfide) groups is 1. The Morgan fingerprint density at radius 2 is 1.68 bits per heavy atom. The van der Waals surface area contributed by atoms with Crippen molar-refractivity contribution >= 4 is 58.2 Å². The van der Waals surface area contributed by atoms with E-state index in [2.05, 4.69) is 20.8 Å². The van der Waals surface area contributed by atoms with Crippen LogP contribution in [0, 0.1) is 6.92 Å². The lowest BCUT2D eigenvalue weighted by molar-refractivity contribution is -0.116. The van der Waals surface area contributed by atoms with Gasteiger partial charge in [0.1, 0.15) is 5.82 Å². The predicted octanol–water partition coefficient (Wildman–Crippen LogP) is 4.83. The Balaban J connectivity index is 1.57. The Morgan fingerprint density at radius 3 is 2.35 bits per heavy atom. The quantitative estimate of drug-likeness (QED) is 0.453. The molecule has 1 aromatic heterocycles. The smallest absolute Gasteiger partial charge is 0.234 e. The third-order valence-electron chi connectivity index (χ3n) is 4.34. The molecule has 0 aliphatic heterocycles. The lowest BCUT2D eigenvalue weighted by Gasteiger charge is -2.09. The molecule has 0 bridgehead atoms. The zero-order valence-corrected chi connectivity index (χ0v) is 19.3. The van der Waals surface area contributed by atoms with Crippen LogP contribution in [0.2, 0.25) is 10.0 Å². The molecule has 2 amide bonds. The van der Waals surface area contributed by atoms with Gasteiger partial charge in [0, 0.05) is 28.0 Å². The Bertz CT molecular complexity index is 1090. The van der Waals surface area contributed by atoms with Gasteiger partial charge in [0.25, 0.3) is 0 Å². The molecule has 0 saturated heterocycles. The molecule has 2 aromatic carbocycles. The summed E-state index contributed by atoms with van der Waals surface area (Å²) in [6, 6.07) is 12.2. The highest BCUT2D eigenvalue weighted by molar-refractivity contribution is 7.99. The van der Waals surface area contributed by atoms with E-state index in [1.165, 1.54) is 11.8 Å². The van der Waals surface area contributed by atoms with Crippen molar-refractivity contribution in [3.63, 3.8) is 0 Å². The average molecular weight is 478 g/mol. The fourth-order valence-electron chi connectivity index (χ4n) is 2.75. The molecule has 0 aliphatic carbocycles. The van der Waals surface area contributed by atoms with Crippen molar-refractivity contribution in [1.29, 1.82) is 0 Å². The minimum atomic E-state index is -0.213. The van der Waals surface area contributed by atoms with Crippen molar-refractivity contribution in [1.82, 2.24) is 14.8 Å². The number of nitrogens with one attached hydrogen (secondary N) is 2. The number of halogens is 2. The second-order valence-corrected chi connectivity index (χ2v) is 8.46. The molecule has 162 valence electrons. The first-order valence-electron chi connectivity index (χ1n) is 9.52. The van der Waals surface area contributed by atoms with Gasteiger partial charge < -0.3 is 15.2 Å². The van der Waals surface area contributed by atoms with Gasteiger partial charge in [-0.15, -0.1) is 10.2 Å². The fraction of sp³-hybridized carbons (Fsp3) is 0.238. The van der Waals surface area contributed by atoms with E-state index in [0.29, 0.717) is 38.9 Å². The van der Waals surface area contributed by atoms with E-state index in [4.69, 9.17) is 23.2 Å². The van der Waals surface area contributed by atoms with Gasteiger partial charge in [-0.05, 0) is 55.8 Å². The van der Waals surface area contributed by atoms with E-state index in [-0.39, 0.29) is 24.0 Å². The first-order valence-corrected chi connectivity index (χ1v) is 11.3. The van der Waals surface area contributed by atoms with Gasteiger partial charge in [-0.1, -0.05) is 41.0 Å². The Morgan fingerprint density at radius 1 is 1.00 bits per heavy atom. The maximum Gasteiger partial charge on any atom is 0.234 e. The van der Waals surface area contributed by atoms with Crippen LogP contribution in [0.4, 0.5) is 11.4 Å². The monoisotopic (exact) mass is 477 g/mol. The van der Waals surface area contributed by atoms with Crippen LogP contribution in [0.25, 0.3) is 0 Å². The molecule has 0 aliphatic rings. The molecule has 10 heteroatoms. The second-order valence-electron chi connectivity index (χ2n) is 6.68. The molecule has 1 heterocycles. The van der Waals surface area contributed by atoms with Gasteiger partial charge in [-0.2, -0.15) is 0 Å². The first kappa shape index (κ1) is 23.1. The average Bonchev–Trinajstić information content (AvgIpc) is 3.12. The van der Waals surface area contributed by atoms with Crippen LogP contribution in [0.5, 0.6) is 0 Å². The molecule has 0 fully saturated rings. The van der Waals surface area contributed by atoms with Crippen molar-refractivity contribution in [3.05, 3.63) is 63.9 Å². The van der Waals surface area contributed by atoms with Gasteiger partial charge in [-0.25, -0.2) is 0 Å². The maximum atomic E-state index is 12.4. The Labute approximate surface area is 194 Å². The van der Waals surface area contributed by atoms with Gasteiger partial charge in [-0.3, -0.25) is 9.59 Å². The van der Waals surface area contributed by atoms with E-state index >= 15 is 0 Å². The van der Waals surface area contributed by atoms with Gasteiger partial charge in [0.2, 0.25) is 11.8 Å². The van der Waals surface area contributed by atoms with E-state index in [9.17, 15) is 9.59 Å². The molecule has 0 atom stereocenters. The van der Waals surface area contributed by atoms with E-state index in [1.54, 1.807) is 36.4 Å². The summed E-state index contributed by atoms with van der Waals surface area (Å²) in [7, 11) is 0. The normalized spacial score (nSPS) is 10.7. The highest BCUT2D eigenvalue weighted by Gasteiger charge is 2.16. The summed E-state index contributed by atoms with van der Waals surface area (Å²) in [6.07, 6.45) is 0.0675. The number of rotatable bonds is 8. The van der Waals surface area contributed by atoms with E-state index in [1.807, 2.05) is 24.5 Å². The fourth-order valence-corrected chi connectivity index (χ4v) is 3.88. The van der Waals surface area contributed by atoms with Crippen LogP contribution in [-0.4, -0.2) is 32.3 Å². The van der Waals surface area contributed by atoms with Crippen molar-refractivity contribution in [3.8, 4) is 0 Å². The SMILES string of the molecule is CCn1c(CC(=O)Nc2ccc(Cl)cc2)nnc1SCC(=O)Nc1ccc(C)c(Cl)c1. The third kappa shape index (κ3) is 6.46. The number of carbonyl (C=O) groups excluding carboxylic acids is 2. The molecular formula is C21H21Cl2N5O2S. The van der Waals surface area contributed by atoms with Crippen LogP contribution in [0.15, 0.2) is 47.6 Å². The molecule has 0 radical (unpaired) electrons. The molecule has 2 N–H and O–H groups in total. The van der Waals surface area contributed by atoms with Crippen LogP contribution in [0.1, 0.15) is 18.3 Å². The topological polar surface area (TPSA) is 88.9 Å². The van der Waals surface area contributed by atoms with Crippen LogP contribution in [0.3, 0.4) is 0 Å². The summed E-state index contributed by atoms with van der Waals surface area (Å²) in [5.41, 5.74) is 2.23. The van der Waals surface area contributed by atoms with Gasteiger partial charge >= 0.3 is 0 Å². The number of amides is 2. The number of aryl methyl sites for hydroxylation is 1. The molecule has 3 rings (SSSR count). The minimum Gasteiger partial charge on any atom is -0.326 e. The summed E-state index contributed by atoms with van der Waals surface area (Å²) >= 11 is 13.2. The zero-order valence-electron chi connectivity index (χ0n) is 17.0. The molecular weight excluding hydrogens is 457 g/mol. The molecule has 7 nitrogen and oxygen atoms in total. The Hall–Kier alpha value is -2.55. The number of nitrogens with zero attached hydrogens (tertiary/aromatic N) is 3. The second kappa shape index (κ2) is 10.7. The van der Waals surface area contributed by atoms with Crippen molar-refractivity contribution in [2.45, 2.75) is 32.0 Å². The number of hydrogen-bond acceptors (Lipinski definition) is 5. The molecule has 31 heavy (non-hydrogen) atoms. The lowest BCUT2D eigenvalue weighted by Crippen LogP contribution is -2.18. The summed E-state index contributed by atoms with van der Waals surface area (Å²) in [5.74, 6) is 0.287. The number of carbonyl (C=O) groups is 2. The highest BCUT2D eigenvalue weighted by atomic mass is 35.5. The summed E-state index contributed by atoms with van der Waals surface area (Å²) in [5, 5.41) is 15.7. The predicted molar refractivity (Wildman–Crippen MR) is 125 cm³/mol. The van der Waals surface area contributed by atoms with Crippen LogP contribution >= 0.6 is 35.0 Å². The van der Waals surface area contributed by atoms with E-state index in [0.717, 1.165) is 5.56 Å². The number of benzene rings is 2. The van der Waals surface area contributed by atoms with Crippen LogP contribution in [-0.2, 0) is 22.6 Å². The van der Waals surface area contributed by atoms with Crippen LogP contribution < -0.4 is 10.6 Å². The maximum absolute atomic E-state index is 12.4. The largest absolute Gasteiger partial charge is 0.326 e. The summed E-state index contributed by atoms with van der Waals surface area (Å²) in [6.45, 7) is 4.41. The van der Waals surface area contributed by atoms with E-state index < -0.39 is 0 Å². The number of anilines is 2. The summed E-state index contributed by atoms with van der Waals surface area (Å²) in [4.78, 5) is 24.6. The van der Waals surface area contributed by atoms with Crippen molar-refractivity contribution in [2.24, 2.45) is 0 Å². The first-order chi connectivity index (χ1) is 14.9. The zero-order chi connectivity index (χ0) is 22.4. The minimum absolute atomic E-state index is 0.0675. The number of aromatic nitrogens is 3. The number of hydrogen-bond donors (Lipinski definition) is 2. The lowest BCUT2D eigenvalue weighted by atomic mass is 10.2. The molecule has 0 saturated carbocycles. The van der Waals surface area contributed by atoms with Gasteiger partial charge in [0.15, 0.2) is 5.16 Å². The Kier molecular flexibility index (Phi) is 7.95. The summed E-state index contributed by atoms with van der Waals surface area (Å²) < 4.78 is 1.82.